The number of carbonyl (C=O) groups excluding carboxylic acids is 1. The fourth-order valence-corrected chi connectivity index (χ4v) is 3.58. The Kier molecular flexibility index (Phi) is 4.17. The van der Waals surface area contributed by atoms with Gasteiger partial charge in [-0.15, -0.1) is 23.2 Å². The van der Waals surface area contributed by atoms with Gasteiger partial charge in [-0.1, -0.05) is 24.3 Å². The molecule has 0 saturated heterocycles. The van der Waals surface area contributed by atoms with Crippen LogP contribution in [-0.4, -0.2) is 20.0 Å². The van der Waals surface area contributed by atoms with E-state index in [0.717, 1.165) is 17.1 Å². The molecule has 6 heteroatoms. The molecule has 1 aromatic carbocycles. The topological polar surface area (TPSA) is 46.9 Å². The van der Waals surface area contributed by atoms with Crippen LogP contribution < -0.4 is 5.32 Å². The molecule has 0 unspecified atom stereocenters. The highest BCUT2D eigenvalue weighted by Gasteiger charge is 2.68. The zero-order chi connectivity index (χ0) is 17.7. The van der Waals surface area contributed by atoms with Crippen LogP contribution in [0.25, 0.3) is 0 Å². The smallest absolute Gasteiger partial charge is 0.233 e. The third-order valence-corrected chi connectivity index (χ3v) is 6.06. The number of amides is 1. The molecule has 1 aliphatic rings. The number of rotatable bonds is 4. The van der Waals surface area contributed by atoms with Gasteiger partial charge in [0.15, 0.2) is 0 Å². The van der Waals surface area contributed by atoms with E-state index in [2.05, 4.69) is 29.5 Å². The molecule has 1 amide bonds. The summed E-state index contributed by atoms with van der Waals surface area (Å²) in [5.41, 5.74) is 4.13. The highest BCUT2D eigenvalue weighted by Crippen LogP contribution is 2.64. The second-order valence-electron chi connectivity index (χ2n) is 6.80. The molecule has 1 fully saturated rings. The number of hydrogen-bond donors (Lipinski definition) is 1. The van der Waals surface area contributed by atoms with Gasteiger partial charge in [0.25, 0.3) is 0 Å². The van der Waals surface area contributed by atoms with E-state index in [-0.39, 0.29) is 5.91 Å². The molecule has 2 aromatic rings. The minimum absolute atomic E-state index is 0.158. The molecule has 24 heavy (non-hydrogen) atoms. The molecule has 1 aromatic heterocycles. The lowest BCUT2D eigenvalue weighted by molar-refractivity contribution is -0.120. The van der Waals surface area contributed by atoms with Gasteiger partial charge in [-0.2, -0.15) is 5.10 Å². The molecule has 3 rings (SSSR count). The third-order valence-electron chi connectivity index (χ3n) is 4.96. The van der Waals surface area contributed by atoms with Crippen molar-refractivity contribution in [2.24, 2.45) is 5.41 Å². The number of aryl methyl sites for hydroxylation is 2. The third kappa shape index (κ3) is 2.82. The van der Waals surface area contributed by atoms with Crippen molar-refractivity contribution in [2.45, 2.75) is 45.0 Å². The Morgan fingerprint density at radius 1 is 1.29 bits per heavy atom. The molecule has 1 saturated carbocycles. The van der Waals surface area contributed by atoms with Crippen LogP contribution in [0.3, 0.4) is 0 Å². The number of aromatic nitrogens is 2. The van der Waals surface area contributed by atoms with Gasteiger partial charge in [-0.25, -0.2) is 0 Å². The van der Waals surface area contributed by atoms with Gasteiger partial charge < -0.3 is 5.32 Å². The van der Waals surface area contributed by atoms with Crippen molar-refractivity contribution in [1.29, 1.82) is 0 Å². The van der Waals surface area contributed by atoms with Crippen LogP contribution in [-0.2, 0) is 11.3 Å². The predicted molar refractivity (Wildman–Crippen MR) is 97.8 cm³/mol. The number of nitrogens with zero attached hydrogens (tertiary/aromatic N) is 2. The zero-order valence-electron chi connectivity index (χ0n) is 14.3. The maximum absolute atomic E-state index is 12.5. The maximum atomic E-state index is 12.5. The summed E-state index contributed by atoms with van der Waals surface area (Å²) in [6, 6.07) is 8.21. The summed E-state index contributed by atoms with van der Waals surface area (Å²) in [7, 11) is 0. The lowest BCUT2D eigenvalue weighted by atomic mass is 10.1. The van der Waals surface area contributed by atoms with Gasteiger partial charge in [-0.3, -0.25) is 9.48 Å². The summed E-state index contributed by atoms with van der Waals surface area (Å²) >= 11 is 12.2. The van der Waals surface area contributed by atoms with E-state index in [9.17, 15) is 4.79 Å². The van der Waals surface area contributed by atoms with Gasteiger partial charge in [0.2, 0.25) is 5.91 Å². The Hall–Kier alpha value is -1.52. The fraction of sp³-hybridized carbons (Fsp3) is 0.444. The van der Waals surface area contributed by atoms with Crippen molar-refractivity contribution >= 4 is 34.8 Å². The number of benzene rings is 1. The van der Waals surface area contributed by atoms with Gasteiger partial charge in [-0.05, 0) is 45.2 Å². The van der Waals surface area contributed by atoms with Crippen molar-refractivity contribution in [3.8, 4) is 0 Å². The monoisotopic (exact) mass is 365 g/mol. The largest absolute Gasteiger partial charge is 0.322 e. The highest BCUT2D eigenvalue weighted by atomic mass is 35.5. The minimum atomic E-state index is -0.976. The van der Waals surface area contributed by atoms with E-state index < -0.39 is 9.75 Å². The highest BCUT2D eigenvalue weighted by molar-refractivity contribution is 6.53. The van der Waals surface area contributed by atoms with Gasteiger partial charge in [0.1, 0.15) is 4.33 Å². The van der Waals surface area contributed by atoms with Crippen LogP contribution >= 0.6 is 23.2 Å². The first-order chi connectivity index (χ1) is 11.2. The number of anilines is 1. The lowest BCUT2D eigenvalue weighted by Crippen LogP contribution is -2.26. The standard InChI is InChI=1S/C18H21Cl2N3O/c1-11-7-5-6-8-14(11)9-23-13(3)15(12(2)22-23)21-16(24)17(4)10-18(17,19)20/h5-8H,9-10H2,1-4H3,(H,21,24)/t17-/m1/s1. The summed E-state index contributed by atoms with van der Waals surface area (Å²) in [6.07, 6.45) is 0.463. The SMILES string of the molecule is Cc1ccccc1Cn1nc(C)c(NC(=O)[C@@]2(C)CC2(Cl)Cl)c1C. The summed E-state index contributed by atoms with van der Waals surface area (Å²) in [6.45, 7) is 8.38. The number of halogens is 2. The molecule has 0 bridgehead atoms. The first-order valence-electron chi connectivity index (χ1n) is 7.93. The van der Waals surface area contributed by atoms with E-state index in [1.165, 1.54) is 11.1 Å². The van der Waals surface area contributed by atoms with Gasteiger partial charge in [0.05, 0.1) is 29.0 Å². The van der Waals surface area contributed by atoms with Crippen LogP contribution in [0.5, 0.6) is 0 Å². The Bertz CT molecular complexity index is 813. The van der Waals surface area contributed by atoms with Crippen molar-refractivity contribution in [1.82, 2.24) is 9.78 Å². The van der Waals surface area contributed by atoms with Crippen LogP contribution in [0.15, 0.2) is 24.3 Å². The van der Waals surface area contributed by atoms with Crippen LogP contribution in [0.1, 0.15) is 35.9 Å². The minimum Gasteiger partial charge on any atom is -0.322 e. The molecule has 0 radical (unpaired) electrons. The van der Waals surface area contributed by atoms with Crippen LogP contribution in [0.2, 0.25) is 0 Å². The van der Waals surface area contributed by atoms with E-state index in [4.69, 9.17) is 23.2 Å². The molecule has 1 heterocycles. The Balaban J connectivity index is 1.83. The normalized spacial score (nSPS) is 21.6. The van der Waals surface area contributed by atoms with Gasteiger partial charge in [0, 0.05) is 0 Å². The van der Waals surface area contributed by atoms with Crippen molar-refractivity contribution in [3.63, 3.8) is 0 Å². The van der Waals surface area contributed by atoms with Crippen molar-refractivity contribution in [2.75, 3.05) is 5.32 Å². The van der Waals surface area contributed by atoms with E-state index in [1.54, 1.807) is 6.92 Å². The molecular formula is C18H21Cl2N3O. The summed E-state index contributed by atoms with van der Waals surface area (Å²) in [5, 5.41) is 7.54. The van der Waals surface area contributed by atoms with E-state index >= 15 is 0 Å². The summed E-state index contributed by atoms with van der Waals surface area (Å²) in [5.74, 6) is -0.158. The average molecular weight is 366 g/mol. The van der Waals surface area contributed by atoms with Crippen LogP contribution in [0, 0.1) is 26.2 Å². The number of alkyl halides is 2. The molecule has 1 aliphatic carbocycles. The maximum Gasteiger partial charge on any atom is 0.233 e. The van der Waals surface area contributed by atoms with Crippen molar-refractivity contribution < 1.29 is 4.79 Å². The summed E-state index contributed by atoms with van der Waals surface area (Å²) in [4.78, 5) is 12.5. The number of nitrogens with one attached hydrogen (secondary N) is 1. The Morgan fingerprint density at radius 3 is 2.50 bits per heavy atom. The Labute approximate surface area is 152 Å². The molecule has 1 N–H and O–H groups in total. The van der Waals surface area contributed by atoms with Gasteiger partial charge >= 0.3 is 0 Å². The molecule has 0 spiro atoms. The van der Waals surface area contributed by atoms with E-state index in [0.29, 0.717) is 13.0 Å². The molecule has 4 nitrogen and oxygen atoms in total. The second-order valence-corrected chi connectivity index (χ2v) is 8.28. The molecule has 128 valence electrons. The zero-order valence-corrected chi connectivity index (χ0v) is 15.8. The quantitative estimate of drug-likeness (QED) is 0.817. The molecule has 1 atom stereocenters. The van der Waals surface area contributed by atoms with E-state index in [1.807, 2.05) is 30.7 Å². The van der Waals surface area contributed by atoms with Crippen molar-refractivity contribution in [3.05, 3.63) is 46.8 Å². The first kappa shape index (κ1) is 17.3. The number of carbonyl (C=O) groups is 1. The molecular weight excluding hydrogens is 345 g/mol. The predicted octanol–water partition coefficient (Wildman–Crippen LogP) is 4.38. The lowest BCUT2D eigenvalue weighted by Gasteiger charge is -2.13. The first-order valence-corrected chi connectivity index (χ1v) is 8.69. The average Bonchev–Trinajstić information content (AvgIpc) is 2.93. The Morgan fingerprint density at radius 2 is 1.92 bits per heavy atom. The van der Waals surface area contributed by atoms with Crippen LogP contribution in [0.4, 0.5) is 5.69 Å². The summed E-state index contributed by atoms with van der Waals surface area (Å²) < 4.78 is 0.938. The second kappa shape index (κ2) is 5.78. The number of hydrogen-bond acceptors (Lipinski definition) is 2. The fourth-order valence-electron chi connectivity index (χ4n) is 2.88. The molecule has 0 aliphatic heterocycles.